The molecule has 2 nitrogen and oxygen atoms in total. The van der Waals surface area contributed by atoms with E-state index < -0.39 is 5.41 Å². The lowest BCUT2D eigenvalue weighted by atomic mass is 9.87. The molecular formula is C11H12O2. The number of Topliss-reactive ketones (excluding diaryl/α,β-unsaturated/α-hetero) is 1. The van der Waals surface area contributed by atoms with Crippen molar-refractivity contribution in [1.29, 1.82) is 0 Å². The van der Waals surface area contributed by atoms with Crippen LogP contribution in [0.1, 0.15) is 22.8 Å². The zero-order valence-electron chi connectivity index (χ0n) is 7.58. The third-order valence-electron chi connectivity index (χ3n) is 2.74. The Labute approximate surface area is 77.2 Å². The van der Waals surface area contributed by atoms with Crippen LogP contribution in [0.4, 0.5) is 0 Å². The molecule has 0 amide bonds. The van der Waals surface area contributed by atoms with Gasteiger partial charge in [0.15, 0.2) is 5.78 Å². The SMILES string of the molecule is C[C@]1(CO)Cc2ccccc2C1=O. The number of benzene rings is 1. The van der Waals surface area contributed by atoms with Gasteiger partial charge in [0, 0.05) is 5.56 Å². The number of carbonyl (C=O) groups is 1. The monoisotopic (exact) mass is 176 g/mol. The molecule has 0 saturated carbocycles. The highest BCUT2D eigenvalue weighted by Gasteiger charge is 2.40. The minimum absolute atomic E-state index is 0.0689. The molecule has 0 unspecified atom stereocenters. The Morgan fingerprint density at radius 3 is 2.77 bits per heavy atom. The minimum atomic E-state index is -0.580. The fraction of sp³-hybridized carbons (Fsp3) is 0.364. The summed E-state index contributed by atoms with van der Waals surface area (Å²) in [5, 5.41) is 9.15. The quantitative estimate of drug-likeness (QED) is 0.702. The number of aliphatic hydroxyl groups is 1. The second-order valence-electron chi connectivity index (χ2n) is 3.88. The highest BCUT2D eigenvalue weighted by atomic mass is 16.3. The number of rotatable bonds is 1. The first-order valence-electron chi connectivity index (χ1n) is 4.41. The summed E-state index contributed by atoms with van der Waals surface area (Å²) in [6.45, 7) is 1.75. The van der Waals surface area contributed by atoms with Gasteiger partial charge in [-0.15, -0.1) is 0 Å². The van der Waals surface area contributed by atoms with Gasteiger partial charge in [-0.05, 0) is 18.9 Å². The maximum Gasteiger partial charge on any atom is 0.171 e. The molecule has 0 aromatic heterocycles. The topological polar surface area (TPSA) is 37.3 Å². The van der Waals surface area contributed by atoms with E-state index in [0.717, 1.165) is 11.1 Å². The maximum atomic E-state index is 11.8. The summed E-state index contributed by atoms with van der Waals surface area (Å²) in [6.07, 6.45) is 0.665. The number of carbonyl (C=O) groups excluding carboxylic acids is 1. The van der Waals surface area contributed by atoms with Gasteiger partial charge in [-0.3, -0.25) is 4.79 Å². The van der Waals surface area contributed by atoms with E-state index in [1.807, 2.05) is 31.2 Å². The molecule has 1 atom stereocenters. The molecule has 2 heteroatoms. The zero-order valence-corrected chi connectivity index (χ0v) is 7.58. The third-order valence-corrected chi connectivity index (χ3v) is 2.74. The molecule has 1 aliphatic carbocycles. The largest absolute Gasteiger partial charge is 0.395 e. The Kier molecular flexibility index (Phi) is 1.74. The second kappa shape index (κ2) is 2.67. The normalized spacial score (nSPS) is 26.2. The Hall–Kier alpha value is -1.15. The summed E-state index contributed by atoms with van der Waals surface area (Å²) in [5.74, 6) is 0.0746. The highest BCUT2D eigenvalue weighted by molar-refractivity contribution is 6.04. The molecule has 1 aromatic rings. The molecule has 0 heterocycles. The van der Waals surface area contributed by atoms with Crippen LogP contribution in [-0.2, 0) is 6.42 Å². The summed E-state index contributed by atoms with van der Waals surface area (Å²) in [4.78, 5) is 11.8. The van der Waals surface area contributed by atoms with E-state index >= 15 is 0 Å². The Morgan fingerprint density at radius 1 is 1.46 bits per heavy atom. The van der Waals surface area contributed by atoms with Gasteiger partial charge in [-0.1, -0.05) is 24.3 Å². The van der Waals surface area contributed by atoms with Crippen molar-refractivity contribution in [3.63, 3.8) is 0 Å². The Balaban J connectivity index is 2.50. The van der Waals surface area contributed by atoms with E-state index in [0.29, 0.717) is 6.42 Å². The summed E-state index contributed by atoms with van der Waals surface area (Å²) >= 11 is 0. The lowest BCUT2D eigenvalue weighted by molar-refractivity contribution is 0.0722. The molecule has 0 saturated heterocycles. The van der Waals surface area contributed by atoms with Crippen molar-refractivity contribution in [2.75, 3.05) is 6.61 Å². The third kappa shape index (κ3) is 1.10. The van der Waals surface area contributed by atoms with Gasteiger partial charge in [0.1, 0.15) is 0 Å². The van der Waals surface area contributed by atoms with Crippen molar-refractivity contribution in [3.8, 4) is 0 Å². The molecule has 13 heavy (non-hydrogen) atoms. The summed E-state index contributed by atoms with van der Waals surface area (Å²) in [7, 11) is 0. The van der Waals surface area contributed by atoms with Gasteiger partial charge < -0.3 is 5.11 Å². The molecule has 1 N–H and O–H groups in total. The Morgan fingerprint density at radius 2 is 2.15 bits per heavy atom. The standard InChI is InChI=1S/C11H12O2/c1-11(7-12)6-8-4-2-3-5-9(8)10(11)13/h2-5,12H,6-7H2,1H3/t11-/m1/s1. The van der Waals surface area contributed by atoms with Crippen molar-refractivity contribution in [3.05, 3.63) is 35.4 Å². The minimum Gasteiger partial charge on any atom is -0.395 e. The second-order valence-corrected chi connectivity index (χ2v) is 3.88. The molecule has 0 spiro atoms. The molecular weight excluding hydrogens is 164 g/mol. The number of aliphatic hydroxyl groups excluding tert-OH is 1. The lowest BCUT2D eigenvalue weighted by Gasteiger charge is -2.17. The smallest absolute Gasteiger partial charge is 0.171 e. The van der Waals surface area contributed by atoms with Crippen LogP contribution in [-0.4, -0.2) is 17.5 Å². The molecule has 0 fully saturated rings. The molecule has 68 valence electrons. The van der Waals surface area contributed by atoms with Crippen LogP contribution >= 0.6 is 0 Å². The van der Waals surface area contributed by atoms with Crippen LogP contribution in [0.5, 0.6) is 0 Å². The van der Waals surface area contributed by atoms with Crippen LogP contribution in [0.25, 0.3) is 0 Å². The molecule has 0 radical (unpaired) electrons. The van der Waals surface area contributed by atoms with Gasteiger partial charge in [-0.25, -0.2) is 0 Å². The van der Waals surface area contributed by atoms with Gasteiger partial charge in [0.25, 0.3) is 0 Å². The summed E-state index contributed by atoms with van der Waals surface area (Å²) < 4.78 is 0. The maximum absolute atomic E-state index is 11.8. The van der Waals surface area contributed by atoms with Crippen LogP contribution in [0.3, 0.4) is 0 Å². The Bertz CT molecular complexity index is 357. The van der Waals surface area contributed by atoms with Gasteiger partial charge in [0.2, 0.25) is 0 Å². The van der Waals surface area contributed by atoms with Crippen LogP contribution in [0.2, 0.25) is 0 Å². The fourth-order valence-electron chi connectivity index (χ4n) is 1.85. The van der Waals surface area contributed by atoms with Crippen LogP contribution in [0.15, 0.2) is 24.3 Å². The predicted octanol–water partition coefficient (Wildman–Crippen LogP) is 1.42. The van der Waals surface area contributed by atoms with E-state index in [-0.39, 0.29) is 12.4 Å². The lowest BCUT2D eigenvalue weighted by Crippen LogP contribution is -2.28. The van der Waals surface area contributed by atoms with E-state index in [2.05, 4.69) is 0 Å². The zero-order chi connectivity index (χ0) is 9.47. The average molecular weight is 176 g/mol. The van der Waals surface area contributed by atoms with E-state index in [9.17, 15) is 4.79 Å². The molecule has 0 bridgehead atoms. The van der Waals surface area contributed by atoms with Crippen molar-refractivity contribution in [1.82, 2.24) is 0 Å². The van der Waals surface area contributed by atoms with Gasteiger partial charge >= 0.3 is 0 Å². The van der Waals surface area contributed by atoms with Crippen molar-refractivity contribution in [2.24, 2.45) is 5.41 Å². The van der Waals surface area contributed by atoms with Crippen molar-refractivity contribution in [2.45, 2.75) is 13.3 Å². The molecule has 0 aliphatic heterocycles. The first-order valence-corrected chi connectivity index (χ1v) is 4.41. The van der Waals surface area contributed by atoms with Crippen molar-refractivity contribution < 1.29 is 9.90 Å². The highest BCUT2D eigenvalue weighted by Crippen LogP contribution is 2.35. The number of fused-ring (bicyclic) bond motifs is 1. The molecule has 1 aromatic carbocycles. The van der Waals surface area contributed by atoms with E-state index in [1.165, 1.54) is 0 Å². The van der Waals surface area contributed by atoms with E-state index in [4.69, 9.17) is 5.11 Å². The van der Waals surface area contributed by atoms with E-state index in [1.54, 1.807) is 0 Å². The first kappa shape index (κ1) is 8.45. The van der Waals surface area contributed by atoms with Gasteiger partial charge in [-0.2, -0.15) is 0 Å². The summed E-state index contributed by atoms with van der Waals surface area (Å²) in [6, 6.07) is 7.57. The first-order chi connectivity index (χ1) is 6.17. The van der Waals surface area contributed by atoms with Crippen LogP contribution in [0, 0.1) is 5.41 Å². The predicted molar refractivity (Wildman–Crippen MR) is 49.7 cm³/mol. The van der Waals surface area contributed by atoms with Crippen LogP contribution < -0.4 is 0 Å². The fourth-order valence-corrected chi connectivity index (χ4v) is 1.85. The molecule has 2 rings (SSSR count). The van der Waals surface area contributed by atoms with Crippen molar-refractivity contribution >= 4 is 5.78 Å². The molecule has 1 aliphatic rings. The number of ketones is 1. The summed E-state index contributed by atoms with van der Waals surface area (Å²) in [5.41, 5.74) is 1.26. The number of hydrogen-bond acceptors (Lipinski definition) is 2. The average Bonchev–Trinajstić information content (AvgIpc) is 2.41. The number of hydrogen-bond donors (Lipinski definition) is 1. The van der Waals surface area contributed by atoms with Gasteiger partial charge in [0.05, 0.1) is 12.0 Å².